The molecule has 26 heavy (non-hydrogen) atoms. The van der Waals surface area contributed by atoms with Crippen molar-refractivity contribution >= 4 is 46.8 Å². The highest BCUT2D eigenvalue weighted by atomic mass is 35.5. The maximum Gasteiger partial charge on any atom is 0.235 e. The minimum atomic E-state index is -0.247. The fourth-order valence-corrected chi connectivity index (χ4v) is 5.14. The van der Waals surface area contributed by atoms with Gasteiger partial charge in [0.2, 0.25) is 11.8 Å². The molecule has 0 N–H and O–H groups in total. The van der Waals surface area contributed by atoms with Gasteiger partial charge < -0.3 is 9.80 Å². The number of benzene rings is 1. The number of amides is 2. The van der Waals surface area contributed by atoms with Crippen LogP contribution in [0.5, 0.6) is 0 Å². The molecule has 1 aromatic carbocycles. The molecule has 2 aliphatic rings. The van der Waals surface area contributed by atoms with Crippen molar-refractivity contribution in [3.05, 3.63) is 28.2 Å². The summed E-state index contributed by atoms with van der Waals surface area (Å²) in [5.74, 6) is 0.568. The molecule has 2 fully saturated rings. The normalized spacial score (nSPS) is 19.7. The molecule has 0 aromatic heterocycles. The summed E-state index contributed by atoms with van der Waals surface area (Å²) >= 11 is 13.6. The Hall–Kier alpha value is -0.910. The Bertz CT molecular complexity index is 672. The largest absolute Gasteiger partial charge is 0.339 e. The van der Waals surface area contributed by atoms with E-state index in [4.69, 9.17) is 23.2 Å². The van der Waals surface area contributed by atoms with E-state index in [0.29, 0.717) is 36.2 Å². The Morgan fingerprint density at radius 2 is 1.69 bits per heavy atom. The number of thioether (sulfide) groups is 1. The van der Waals surface area contributed by atoms with Gasteiger partial charge in [0.15, 0.2) is 0 Å². The summed E-state index contributed by atoms with van der Waals surface area (Å²) in [7, 11) is 0. The number of hydrogen-bond donors (Lipinski definition) is 0. The van der Waals surface area contributed by atoms with E-state index in [9.17, 15) is 9.59 Å². The lowest BCUT2D eigenvalue weighted by Crippen LogP contribution is -2.53. The summed E-state index contributed by atoms with van der Waals surface area (Å²) in [6.45, 7) is 4.37. The fourth-order valence-electron chi connectivity index (χ4n) is 3.64. The molecule has 1 heterocycles. The van der Waals surface area contributed by atoms with E-state index >= 15 is 0 Å². The second-order valence-electron chi connectivity index (χ2n) is 6.97. The van der Waals surface area contributed by atoms with Gasteiger partial charge in [-0.05, 0) is 38.0 Å². The number of hydrogen-bond acceptors (Lipinski definition) is 3. The van der Waals surface area contributed by atoms with Crippen LogP contribution in [0, 0.1) is 5.92 Å². The first kappa shape index (κ1) is 19.8. The molecule has 0 radical (unpaired) electrons. The summed E-state index contributed by atoms with van der Waals surface area (Å²) in [6, 6.07) is 5.27. The number of halogens is 2. The first-order valence-corrected chi connectivity index (χ1v) is 10.8. The predicted molar refractivity (Wildman–Crippen MR) is 107 cm³/mol. The number of rotatable bonds is 4. The second kappa shape index (κ2) is 8.85. The third kappa shape index (κ3) is 4.68. The van der Waals surface area contributed by atoms with Crippen molar-refractivity contribution in [3.8, 4) is 0 Å². The van der Waals surface area contributed by atoms with Gasteiger partial charge in [0.1, 0.15) is 0 Å². The smallest absolute Gasteiger partial charge is 0.235 e. The zero-order valence-corrected chi connectivity index (χ0v) is 17.2. The number of nitrogens with zero attached hydrogens (tertiary/aromatic N) is 2. The van der Waals surface area contributed by atoms with Crippen LogP contribution in [0.4, 0.5) is 0 Å². The SMILES string of the molecule is CC(Sc1cc(Cl)ccc1Cl)C(=O)N1CCN(C(=O)C2CCCC2)CC1. The molecule has 7 heteroatoms. The third-order valence-electron chi connectivity index (χ3n) is 5.15. The molecule has 1 unspecified atom stereocenters. The highest BCUT2D eigenvalue weighted by Crippen LogP contribution is 2.33. The summed E-state index contributed by atoms with van der Waals surface area (Å²) in [4.78, 5) is 29.9. The van der Waals surface area contributed by atoms with E-state index < -0.39 is 0 Å². The number of carbonyl (C=O) groups excluding carboxylic acids is 2. The Morgan fingerprint density at radius 3 is 2.35 bits per heavy atom. The first-order valence-electron chi connectivity index (χ1n) is 9.15. The van der Waals surface area contributed by atoms with Crippen molar-refractivity contribution < 1.29 is 9.59 Å². The van der Waals surface area contributed by atoms with Gasteiger partial charge in [-0.1, -0.05) is 36.0 Å². The lowest BCUT2D eigenvalue weighted by Gasteiger charge is -2.37. The van der Waals surface area contributed by atoms with Crippen LogP contribution < -0.4 is 0 Å². The highest BCUT2D eigenvalue weighted by Gasteiger charge is 2.31. The Kier molecular flexibility index (Phi) is 6.76. The van der Waals surface area contributed by atoms with E-state index in [-0.39, 0.29) is 23.0 Å². The zero-order chi connectivity index (χ0) is 18.7. The van der Waals surface area contributed by atoms with Crippen LogP contribution in [-0.2, 0) is 9.59 Å². The summed E-state index contributed by atoms with van der Waals surface area (Å²) in [5, 5.41) is 0.963. The molecule has 1 saturated carbocycles. The van der Waals surface area contributed by atoms with E-state index in [1.807, 2.05) is 16.7 Å². The van der Waals surface area contributed by atoms with Gasteiger partial charge in [0.05, 0.1) is 10.3 Å². The Labute approximate surface area is 169 Å². The highest BCUT2D eigenvalue weighted by molar-refractivity contribution is 8.00. The van der Waals surface area contributed by atoms with Gasteiger partial charge in [-0.3, -0.25) is 9.59 Å². The van der Waals surface area contributed by atoms with Gasteiger partial charge >= 0.3 is 0 Å². The van der Waals surface area contributed by atoms with Crippen molar-refractivity contribution in [3.63, 3.8) is 0 Å². The molecule has 0 spiro atoms. The average Bonchev–Trinajstić information content (AvgIpc) is 3.18. The molecular formula is C19H24Cl2N2O2S. The standard InChI is InChI=1S/C19H24Cl2N2O2S/c1-13(26-17-12-15(20)6-7-16(17)21)18(24)22-8-10-23(11-9-22)19(25)14-4-2-3-5-14/h6-7,12-14H,2-5,8-11H2,1H3. The summed E-state index contributed by atoms with van der Waals surface area (Å²) < 4.78 is 0. The van der Waals surface area contributed by atoms with Crippen LogP contribution in [0.3, 0.4) is 0 Å². The van der Waals surface area contributed by atoms with Crippen LogP contribution in [-0.4, -0.2) is 53.0 Å². The van der Waals surface area contributed by atoms with E-state index in [1.54, 1.807) is 18.2 Å². The summed E-state index contributed by atoms with van der Waals surface area (Å²) in [6.07, 6.45) is 4.36. The van der Waals surface area contributed by atoms with E-state index in [2.05, 4.69) is 0 Å². The minimum absolute atomic E-state index is 0.0824. The third-order valence-corrected chi connectivity index (χ3v) is 6.98. The molecule has 2 amide bonds. The molecule has 1 aliphatic carbocycles. The van der Waals surface area contributed by atoms with E-state index in [0.717, 1.165) is 30.6 Å². The molecule has 0 bridgehead atoms. The van der Waals surface area contributed by atoms with Crippen molar-refractivity contribution in [2.45, 2.75) is 42.8 Å². The molecule has 142 valence electrons. The van der Waals surface area contributed by atoms with Crippen LogP contribution >= 0.6 is 35.0 Å². The summed E-state index contributed by atoms with van der Waals surface area (Å²) in [5.41, 5.74) is 0. The number of piperazine rings is 1. The number of carbonyl (C=O) groups is 2. The van der Waals surface area contributed by atoms with Gasteiger partial charge in [-0.15, -0.1) is 11.8 Å². The lowest BCUT2D eigenvalue weighted by molar-refractivity contribution is -0.141. The maximum atomic E-state index is 12.8. The monoisotopic (exact) mass is 414 g/mol. The van der Waals surface area contributed by atoms with Crippen LogP contribution in [0.2, 0.25) is 10.0 Å². The topological polar surface area (TPSA) is 40.6 Å². The van der Waals surface area contributed by atoms with Gasteiger partial charge in [0.25, 0.3) is 0 Å². The van der Waals surface area contributed by atoms with Crippen LogP contribution in [0.25, 0.3) is 0 Å². The molecule has 1 aliphatic heterocycles. The molecule has 1 atom stereocenters. The van der Waals surface area contributed by atoms with Gasteiger partial charge in [-0.25, -0.2) is 0 Å². The van der Waals surface area contributed by atoms with Gasteiger partial charge in [-0.2, -0.15) is 0 Å². The van der Waals surface area contributed by atoms with Crippen LogP contribution in [0.15, 0.2) is 23.1 Å². The van der Waals surface area contributed by atoms with Gasteiger partial charge in [0, 0.05) is 42.0 Å². The molecular weight excluding hydrogens is 391 g/mol. The molecule has 3 rings (SSSR count). The first-order chi connectivity index (χ1) is 12.5. The fraction of sp³-hybridized carbons (Fsp3) is 0.579. The van der Waals surface area contributed by atoms with E-state index in [1.165, 1.54) is 11.8 Å². The predicted octanol–water partition coefficient (Wildman–Crippen LogP) is 4.34. The Balaban J connectivity index is 1.52. The maximum absolute atomic E-state index is 12.8. The van der Waals surface area contributed by atoms with Crippen LogP contribution in [0.1, 0.15) is 32.6 Å². The minimum Gasteiger partial charge on any atom is -0.339 e. The zero-order valence-electron chi connectivity index (χ0n) is 14.9. The quantitative estimate of drug-likeness (QED) is 0.688. The van der Waals surface area contributed by atoms with Crippen molar-refractivity contribution in [2.24, 2.45) is 5.92 Å². The molecule has 1 aromatic rings. The van der Waals surface area contributed by atoms with Crippen molar-refractivity contribution in [2.75, 3.05) is 26.2 Å². The lowest BCUT2D eigenvalue weighted by atomic mass is 10.1. The molecule has 4 nitrogen and oxygen atoms in total. The molecule has 1 saturated heterocycles. The average molecular weight is 415 g/mol. The van der Waals surface area contributed by atoms with Crippen molar-refractivity contribution in [1.29, 1.82) is 0 Å². The Morgan fingerprint density at radius 1 is 1.08 bits per heavy atom. The second-order valence-corrected chi connectivity index (χ2v) is 9.19. The van der Waals surface area contributed by atoms with Crippen molar-refractivity contribution in [1.82, 2.24) is 9.80 Å².